The normalized spacial score (nSPS) is 12.0. The van der Waals surface area contributed by atoms with Crippen LogP contribution in [0.25, 0.3) is 0 Å². The van der Waals surface area contributed by atoms with Gasteiger partial charge in [-0.2, -0.15) is 0 Å². The lowest BCUT2D eigenvalue weighted by Crippen LogP contribution is -2.29. The number of carbonyl (C=O) groups excluding carboxylic acids is 2. The van der Waals surface area contributed by atoms with E-state index in [-0.39, 0.29) is 5.97 Å². The quantitative estimate of drug-likeness (QED) is 0.162. The molecule has 0 spiro atoms. The van der Waals surface area contributed by atoms with Crippen LogP contribution in [-0.4, -0.2) is 24.6 Å². The summed E-state index contributed by atoms with van der Waals surface area (Å²) >= 11 is 0. The Bertz CT molecular complexity index is 368. The minimum absolute atomic E-state index is 0.273. The summed E-state index contributed by atoms with van der Waals surface area (Å²) in [5, 5.41) is 0. The highest BCUT2D eigenvalue weighted by Gasteiger charge is 2.23. The van der Waals surface area contributed by atoms with Gasteiger partial charge in [-0.05, 0) is 26.2 Å². The van der Waals surface area contributed by atoms with Gasteiger partial charge >= 0.3 is 11.9 Å². The zero-order valence-corrected chi connectivity index (χ0v) is 18.9. The molecule has 0 saturated heterocycles. The first-order valence-electron chi connectivity index (χ1n) is 12.0. The van der Waals surface area contributed by atoms with Gasteiger partial charge < -0.3 is 9.47 Å². The van der Waals surface area contributed by atoms with Crippen LogP contribution in [0.1, 0.15) is 130 Å². The number of esters is 2. The van der Waals surface area contributed by atoms with Crippen molar-refractivity contribution in [1.82, 2.24) is 0 Å². The first kappa shape index (κ1) is 26.9. The summed E-state index contributed by atoms with van der Waals surface area (Å²) in [5.41, 5.74) is 0. The molecule has 0 fully saturated rings. The van der Waals surface area contributed by atoms with E-state index in [0.29, 0.717) is 19.4 Å². The third-order valence-electron chi connectivity index (χ3n) is 5.13. The minimum Gasteiger partial charge on any atom is -0.463 e. The fraction of sp³-hybridized carbons (Fsp3) is 0.917. The number of hydrogen-bond donors (Lipinski definition) is 0. The number of rotatable bonds is 20. The molecule has 0 aromatic rings. The molecule has 4 nitrogen and oxygen atoms in total. The maximum atomic E-state index is 12.0. The van der Waals surface area contributed by atoms with Crippen molar-refractivity contribution in [3.63, 3.8) is 0 Å². The molecule has 0 aromatic heterocycles. The van der Waals surface area contributed by atoms with Crippen LogP contribution in [-0.2, 0) is 19.1 Å². The van der Waals surface area contributed by atoms with Crippen LogP contribution in [0.3, 0.4) is 0 Å². The first-order chi connectivity index (χ1) is 13.7. The van der Waals surface area contributed by atoms with Crippen molar-refractivity contribution in [1.29, 1.82) is 0 Å². The highest BCUT2D eigenvalue weighted by molar-refractivity contribution is 5.79. The predicted molar refractivity (Wildman–Crippen MR) is 116 cm³/mol. The van der Waals surface area contributed by atoms with Gasteiger partial charge in [-0.1, -0.05) is 97.3 Å². The largest absolute Gasteiger partial charge is 0.463 e. The van der Waals surface area contributed by atoms with Gasteiger partial charge in [0.15, 0.2) is 6.10 Å². The molecular weight excluding hydrogens is 352 g/mol. The van der Waals surface area contributed by atoms with E-state index in [4.69, 9.17) is 9.47 Å². The summed E-state index contributed by atoms with van der Waals surface area (Å²) in [6.45, 7) is 6.45. The van der Waals surface area contributed by atoms with Crippen LogP contribution in [0.5, 0.6) is 0 Å². The Morgan fingerprint density at radius 2 is 1.11 bits per heavy atom. The Balaban J connectivity index is 3.81. The molecular formula is C24H46O4. The van der Waals surface area contributed by atoms with E-state index in [1.54, 1.807) is 6.92 Å². The van der Waals surface area contributed by atoms with Gasteiger partial charge in [-0.15, -0.1) is 0 Å². The summed E-state index contributed by atoms with van der Waals surface area (Å²) in [4.78, 5) is 24.0. The highest BCUT2D eigenvalue weighted by atomic mass is 16.6. The maximum Gasteiger partial charge on any atom is 0.347 e. The number of carbonyl (C=O) groups is 2. The Hall–Kier alpha value is -1.06. The van der Waals surface area contributed by atoms with Crippen LogP contribution in [0.15, 0.2) is 0 Å². The Labute approximate surface area is 174 Å². The summed E-state index contributed by atoms with van der Waals surface area (Å²) in [6.07, 6.45) is 18.4. The second-order valence-corrected chi connectivity index (χ2v) is 7.87. The molecule has 1 atom stereocenters. The lowest BCUT2D eigenvalue weighted by molar-refractivity contribution is -0.168. The summed E-state index contributed by atoms with van der Waals surface area (Å²) < 4.78 is 10.5. The van der Waals surface area contributed by atoms with Gasteiger partial charge in [0.2, 0.25) is 0 Å². The van der Waals surface area contributed by atoms with Gasteiger partial charge in [0.25, 0.3) is 0 Å². The third kappa shape index (κ3) is 17.1. The number of unbranched alkanes of at least 4 members (excludes halogenated alkanes) is 13. The minimum atomic E-state index is -0.725. The molecule has 0 saturated carbocycles. The zero-order valence-electron chi connectivity index (χ0n) is 18.9. The lowest BCUT2D eigenvalue weighted by atomic mass is 10.0. The van der Waals surface area contributed by atoms with Crippen molar-refractivity contribution in [2.45, 2.75) is 136 Å². The van der Waals surface area contributed by atoms with Gasteiger partial charge in [0, 0.05) is 6.42 Å². The molecule has 0 radical (unpaired) electrons. The molecule has 1 unspecified atom stereocenters. The van der Waals surface area contributed by atoms with E-state index < -0.39 is 12.1 Å². The topological polar surface area (TPSA) is 52.6 Å². The van der Waals surface area contributed by atoms with Crippen molar-refractivity contribution < 1.29 is 19.1 Å². The average molecular weight is 399 g/mol. The summed E-state index contributed by atoms with van der Waals surface area (Å²) in [5.74, 6) is -0.667. The van der Waals surface area contributed by atoms with Crippen LogP contribution in [0.4, 0.5) is 0 Å². The zero-order chi connectivity index (χ0) is 20.9. The Kier molecular flexibility index (Phi) is 19.9. The van der Waals surface area contributed by atoms with Crippen LogP contribution >= 0.6 is 0 Å². The number of hydrogen-bond acceptors (Lipinski definition) is 4. The van der Waals surface area contributed by atoms with E-state index in [0.717, 1.165) is 32.1 Å². The van der Waals surface area contributed by atoms with Crippen molar-refractivity contribution >= 4 is 11.9 Å². The smallest absolute Gasteiger partial charge is 0.347 e. The van der Waals surface area contributed by atoms with Crippen LogP contribution in [0, 0.1) is 0 Å². The standard InChI is InChI=1S/C24H46O4/c1-4-7-9-10-11-12-13-14-15-16-17-19-20-22(24(26)27-6-3)28-23(25)21-18-8-5-2/h22H,4-21H2,1-3H3. The van der Waals surface area contributed by atoms with Gasteiger partial charge in [0.1, 0.15) is 0 Å². The van der Waals surface area contributed by atoms with Gasteiger partial charge in [-0.3, -0.25) is 4.79 Å². The highest BCUT2D eigenvalue weighted by Crippen LogP contribution is 2.15. The molecule has 0 aliphatic heterocycles. The molecule has 0 aliphatic carbocycles. The van der Waals surface area contributed by atoms with Crippen molar-refractivity contribution in [3.8, 4) is 0 Å². The predicted octanol–water partition coefficient (Wildman–Crippen LogP) is 7.13. The molecule has 0 N–H and O–H groups in total. The van der Waals surface area contributed by atoms with Crippen molar-refractivity contribution in [2.75, 3.05) is 6.61 Å². The monoisotopic (exact) mass is 398 g/mol. The lowest BCUT2D eigenvalue weighted by Gasteiger charge is -2.16. The second-order valence-electron chi connectivity index (χ2n) is 7.87. The van der Waals surface area contributed by atoms with Gasteiger partial charge in [-0.25, -0.2) is 4.79 Å². The third-order valence-corrected chi connectivity index (χ3v) is 5.13. The van der Waals surface area contributed by atoms with E-state index >= 15 is 0 Å². The fourth-order valence-electron chi connectivity index (χ4n) is 3.37. The van der Waals surface area contributed by atoms with Crippen molar-refractivity contribution in [3.05, 3.63) is 0 Å². The fourth-order valence-corrected chi connectivity index (χ4v) is 3.37. The molecule has 0 bridgehead atoms. The van der Waals surface area contributed by atoms with E-state index in [1.807, 2.05) is 0 Å². The molecule has 0 rings (SSSR count). The van der Waals surface area contributed by atoms with E-state index in [2.05, 4.69) is 13.8 Å². The van der Waals surface area contributed by atoms with Crippen LogP contribution in [0.2, 0.25) is 0 Å². The van der Waals surface area contributed by atoms with Crippen LogP contribution < -0.4 is 0 Å². The maximum absolute atomic E-state index is 12.0. The molecule has 0 amide bonds. The molecule has 166 valence electrons. The summed E-state index contributed by atoms with van der Waals surface area (Å²) in [6, 6.07) is 0. The SMILES string of the molecule is CCCCCCCCCCCCCCC(OC(=O)CCCCC)C(=O)OCC. The molecule has 4 heteroatoms. The van der Waals surface area contributed by atoms with Gasteiger partial charge in [0.05, 0.1) is 6.61 Å². The van der Waals surface area contributed by atoms with E-state index in [1.165, 1.54) is 64.2 Å². The Morgan fingerprint density at radius 1 is 0.643 bits per heavy atom. The molecule has 28 heavy (non-hydrogen) atoms. The average Bonchev–Trinajstić information content (AvgIpc) is 2.68. The molecule has 0 aliphatic rings. The summed E-state index contributed by atoms with van der Waals surface area (Å²) in [7, 11) is 0. The first-order valence-corrected chi connectivity index (χ1v) is 12.0. The van der Waals surface area contributed by atoms with E-state index in [9.17, 15) is 9.59 Å². The Morgan fingerprint density at radius 3 is 1.61 bits per heavy atom. The molecule has 0 heterocycles. The molecule has 0 aromatic carbocycles. The second kappa shape index (κ2) is 20.7. The number of ether oxygens (including phenoxy) is 2. The van der Waals surface area contributed by atoms with Crippen molar-refractivity contribution in [2.24, 2.45) is 0 Å².